The molecular formula is C17H22O5. The number of esters is 2. The lowest BCUT2D eigenvalue weighted by atomic mass is 9.86. The number of hydrogen-bond acceptors (Lipinski definition) is 5. The van der Waals surface area contributed by atoms with E-state index in [0.717, 1.165) is 11.1 Å². The second-order valence-electron chi connectivity index (χ2n) is 5.95. The summed E-state index contributed by atoms with van der Waals surface area (Å²) < 4.78 is 10.7. The van der Waals surface area contributed by atoms with Gasteiger partial charge < -0.3 is 14.6 Å². The van der Waals surface area contributed by atoms with Crippen LogP contribution in [0, 0.1) is 5.92 Å². The van der Waals surface area contributed by atoms with E-state index in [-0.39, 0.29) is 11.9 Å². The third-order valence-corrected chi connectivity index (χ3v) is 4.25. The summed E-state index contributed by atoms with van der Waals surface area (Å²) in [7, 11) is 0. The summed E-state index contributed by atoms with van der Waals surface area (Å²) in [4.78, 5) is 23.0. The number of fused-ring (bicyclic) bond motifs is 1. The van der Waals surface area contributed by atoms with Crippen molar-refractivity contribution in [2.75, 3.05) is 0 Å². The number of aliphatic hydroxyl groups is 1. The van der Waals surface area contributed by atoms with Crippen LogP contribution < -0.4 is 0 Å². The highest BCUT2D eigenvalue weighted by Crippen LogP contribution is 2.34. The highest BCUT2D eigenvalue weighted by molar-refractivity contribution is 5.91. The lowest BCUT2D eigenvalue weighted by Crippen LogP contribution is -2.25. The quantitative estimate of drug-likeness (QED) is 0.456. The van der Waals surface area contributed by atoms with Crippen molar-refractivity contribution in [2.24, 2.45) is 5.92 Å². The van der Waals surface area contributed by atoms with E-state index >= 15 is 0 Å². The molecule has 4 atom stereocenters. The SMILES string of the molecule is C=C1C(=O)O[C@@H]2/C=C(\C)[C@@H](OC(C)=O)C/C=C(\C)[C@@H](O)C[C@@H]12. The molecule has 0 amide bonds. The Labute approximate surface area is 130 Å². The van der Waals surface area contributed by atoms with Crippen LogP contribution in [0.5, 0.6) is 0 Å². The maximum Gasteiger partial charge on any atom is 0.334 e. The van der Waals surface area contributed by atoms with Crippen LogP contribution in [0.1, 0.15) is 33.6 Å². The summed E-state index contributed by atoms with van der Waals surface area (Å²) in [5, 5.41) is 10.3. The summed E-state index contributed by atoms with van der Waals surface area (Å²) in [5.41, 5.74) is 2.00. The first-order valence-electron chi connectivity index (χ1n) is 7.39. The van der Waals surface area contributed by atoms with Crippen molar-refractivity contribution >= 4 is 11.9 Å². The molecule has 5 heteroatoms. The van der Waals surface area contributed by atoms with Crippen molar-refractivity contribution in [1.82, 2.24) is 0 Å². The molecule has 0 radical (unpaired) electrons. The average molecular weight is 306 g/mol. The number of carbonyl (C=O) groups is 2. The fourth-order valence-electron chi connectivity index (χ4n) is 2.81. The zero-order valence-corrected chi connectivity index (χ0v) is 13.2. The van der Waals surface area contributed by atoms with E-state index in [1.54, 1.807) is 6.08 Å². The molecule has 0 bridgehead atoms. The summed E-state index contributed by atoms with van der Waals surface area (Å²) in [6, 6.07) is 0. The van der Waals surface area contributed by atoms with Gasteiger partial charge in [-0.1, -0.05) is 12.7 Å². The summed E-state index contributed by atoms with van der Waals surface area (Å²) in [6.45, 7) is 8.81. The van der Waals surface area contributed by atoms with Crippen molar-refractivity contribution in [2.45, 2.75) is 51.9 Å². The van der Waals surface area contributed by atoms with Crippen molar-refractivity contribution in [3.63, 3.8) is 0 Å². The van der Waals surface area contributed by atoms with Crippen LogP contribution in [-0.2, 0) is 19.1 Å². The zero-order chi connectivity index (χ0) is 16.4. The van der Waals surface area contributed by atoms with Gasteiger partial charge in [0.05, 0.1) is 6.10 Å². The Bertz CT molecular complexity index is 557. The van der Waals surface area contributed by atoms with Gasteiger partial charge in [-0.25, -0.2) is 4.79 Å². The molecule has 1 saturated heterocycles. The van der Waals surface area contributed by atoms with Crippen molar-refractivity contribution < 1.29 is 24.2 Å². The van der Waals surface area contributed by atoms with E-state index in [4.69, 9.17) is 9.47 Å². The van der Waals surface area contributed by atoms with E-state index < -0.39 is 24.3 Å². The van der Waals surface area contributed by atoms with Gasteiger partial charge in [-0.3, -0.25) is 4.79 Å². The Balaban J connectivity index is 2.37. The number of rotatable bonds is 1. The minimum Gasteiger partial charge on any atom is -0.458 e. The standard InChI is InChI=1S/C17H22O5/c1-9-5-6-15(21-12(4)18)10(2)7-16-13(8-14(9)19)11(3)17(20)22-16/h5,7,13-16,19H,3,6,8H2,1-2,4H3/b9-5+,10-7+/t13-,14-,15-,16+/m0/s1. The van der Waals surface area contributed by atoms with Gasteiger partial charge in [0.15, 0.2) is 0 Å². The largest absolute Gasteiger partial charge is 0.458 e. The minimum atomic E-state index is -0.677. The first-order chi connectivity index (χ1) is 10.3. The molecule has 1 N–H and O–H groups in total. The Hall–Kier alpha value is -1.88. The van der Waals surface area contributed by atoms with E-state index in [2.05, 4.69) is 6.58 Å². The molecule has 0 aromatic heterocycles. The molecule has 5 nitrogen and oxygen atoms in total. The lowest BCUT2D eigenvalue weighted by molar-refractivity contribution is -0.144. The van der Waals surface area contributed by atoms with Gasteiger partial charge in [-0.05, 0) is 37.5 Å². The minimum absolute atomic E-state index is 0.267. The van der Waals surface area contributed by atoms with Gasteiger partial charge in [0, 0.05) is 24.8 Å². The summed E-state index contributed by atoms with van der Waals surface area (Å²) >= 11 is 0. The number of carbonyl (C=O) groups excluding carboxylic acids is 2. The third-order valence-electron chi connectivity index (χ3n) is 4.25. The first-order valence-corrected chi connectivity index (χ1v) is 7.39. The topological polar surface area (TPSA) is 72.8 Å². The normalized spacial score (nSPS) is 37.3. The highest BCUT2D eigenvalue weighted by Gasteiger charge is 2.39. The first kappa shape index (κ1) is 16.5. The molecule has 1 heterocycles. The molecule has 0 spiro atoms. The molecule has 22 heavy (non-hydrogen) atoms. The molecule has 0 aromatic carbocycles. The third kappa shape index (κ3) is 3.47. The van der Waals surface area contributed by atoms with Crippen LogP contribution in [0.25, 0.3) is 0 Å². The van der Waals surface area contributed by atoms with E-state index in [1.807, 2.05) is 19.9 Å². The fraction of sp³-hybridized carbons (Fsp3) is 0.529. The fourth-order valence-corrected chi connectivity index (χ4v) is 2.81. The number of hydrogen-bond donors (Lipinski definition) is 1. The molecule has 1 fully saturated rings. The summed E-state index contributed by atoms with van der Waals surface area (Å²) in [5.74, 6) is -1.07. The Morgan fingerprint density at radius 2 is 2.09 bits per heavy atom. The molecule has 0 aromatic rings. The second kappa shape index (κ2) is 6.48. The van der Waals surface area contributed by atoms with Crippen LogP contribution in [-0.4, -0.2) is 35.4 Å². The molecule has 0 unspecified atom stereocenters. The maximum absolute atomic E-state index is 11.8. The molecular weight excluding hydrogens is 284 g/mol. The van der Waals surface area contributed by atoms with Gasteiger partial charge in [0.2, 0.25) is 0 Å². The Kier molecular flexibility index (Phi) is 4.86. The van der Waals surface area contributed by atoms with Crippen LogP contribution in [0.4, 0.5) is 0 Å². The molecule has 0 saturated carbocycles. The van der Waals surface area contributed by atoms with Gasteiger partial charge >= 0.3 is 11.9 Å². The van der Waals surface area contributed by atoms with Crippen molar-refractivity contribution in [3.8, 4) is 0 Å². The average Bonchev–Trinajstić information content (AvgIpc) is 2.69. The van der Waals surface area contributed by atoms with Crippen LogP contribution in [0.15, 0.2) is 35.5 Å². The van der Waals surface area contributed by atoms with E-state index in [0.29, 0.717) is 18.4 Å². The Morgan fingerprint density at radius 3 is 2.73 bits per heavy atom. The molecule has 120 valence electrons. The van der Waals surface area contributed by atoms with Gasteiger partial charge in [-0.15, -0.1) is 0 Å². The summed E-state index contributed by atoms with van der Waals surface area (Å²) in [6.07, 6.45) is 2.97. The lowest BCUT2D eigenvalue weighted by Gasteiger charge is -2.24. The van der Waals surface area contributed by atoms with E-state index in [9.17, 15) is 14.7 Å². The predicted molar refractivity (Wildman–Crippen MR) is 80.8 cm³/mol. The van der Waals surface area contributed by atoms with Crippen LogP contribution in [0.2, 0.25) is 0 Å². The monoisotopic (exact) mass is 306 g/mol. The molecule has 1 aliphatic carbocycles. The van der Waals surface area contributed by atoms with E-state index in [1.165, 1.54) is 6.92 Å². The second-order valence-corrected chi connectivity index (χ2v) is 5.95. The van der Waals surface area contributed by atoms with Gasteiger partial charge in [0.25, 0.3) is 0 Å². The smallest absolute Gasteiger partial charge is 0.334 e. The maximum atomic E-state index is 11.8. The number of ether oxygens (including phenoxy) is 2. The highest BCUT2D eigenvalue weighted by atomic mass is 16.6. The molecule has 1 aliphatic heterocycles. The molecule has 2 aliphatic rings. The van der Waals surface area contributed by atoms with Gasteiger partial charge in [0.1, 0.15) is 12.2 Å². The zero-order valence-electron chi connectivity index (χ0n) is 13.2. The predicted octanol–water partition coefficient (Wildman–Crippen LogP) is 2.06. The molecule has 2 rings (SSSR count). The van der Waals surface area contributed by atoms with Crippen LogP contribution in [0.3, 0.4) is 0 Å². The Morgan fingerprint density at radius 1 is 1.41 bits per heavy atom. The number of aliphatic hydroxyl groups excluding tert-OH is 1. The van der Waals surface area contributed by atoms with Crippen molar-refractivity contribution in [3.05, 3.63) is 35.5 Å². The van der Waals surface area contributed by atoms with Crippen molar-refractivity contribution in [1.29, 1.82) is 0 Å². The van der Waals surface area contributed by atoms with Crippen LogP contribution >= 0.6 is 0 Å². The van der Waals surface area contributed by atoms with Gasteiger partial charge in [-0.2, -0.15) is 0 Å².